The fraction of sp³-hybridized carbons (Fsp3) is 0.590. The van der Waals surface area contributed by atoms with Gasteiger partial charge in [0.1, 0.15) is 0 Å². The lowest BCUT2D eigenvalue weighted by atomic mass is 10.1. The van der Waals surface area contributed by atoms with Gasteiger partial charge in [0, 0.05) is 6.42 Å². The van der Waals surface area contributed by atoms with Gasteiger partial charge in [0.25, 0.3) is 0 Å². The zero-order valence-electron chi connectivity index (χ0n) is 41.9. The SMILES string of the molecule is CC/C=C\C/C=C\C/C=C\C/C=C\C/C=C\C/C=C\C/C=C\C/C=C\C/C=C\C/C=C\C/C=C\CCCCCCCCCC(=O)NC(CO)C(O)/C=C/CCCCCCCCCCCC. The van der Waals surface area contributed by atoms with E-state index in [4.69, 9.17) is 0 Å². The molecular formula is C61H99NO3. The summed E-state index contributed by atoms with van der Waals surface area (Å²) in [6.07, 6.45) is 87.0. The monoisotopic (exact) mass is 894 g/mol. The van der Waals surface area contributed by atoms with Crippen molar-refractivity contribution in [2.75, 3.05) is 6.61 Å². The molecule has 0 aliphatic rings. The van der Waals surface area contributed by atoms with Gasteiger partial charge in [-0.2, -0.15) is 0 Å². The lowest BCUT2D eigenvalue weighted by Gasteiger charge is -2.20. The van der Waals surface area contributed by atoms with Gasteiger partial charge in [-0.25, -0.2) is 0 Å². The Morgan fingerprint density at radius 3 is 1.02 bits per heavy atom. The highest BCUT2D eigenvalue weighted by atomic mass is 16.3. The van der Waals surface area contributed by atoms with Gasteiger partial charge >= 0.3 is 0 Å². The van der Waals surface area contributed by atoms with E-state index in [0.29, 0.717) is 6.42 Å². The number of aliphatic hydroxyl groups is 2. The average molecular weight is 894 g/mol. The Morgan fingerprint density at radius 2 is 0.677 bits per heavy atom. The zero-order chi connectivity index (χ0) is 47.0. The van der Waals surface area contributed by atoms with E-state index in [2.05, 4.69) is 153 Å². The van der Waals surface area contributed by atoms with Crippen LogP contribution in [0, 0.1) is 0 Å². The fourth-order valence-corrected chi connectivity index (χ4v) is 7.06. The van der Waals surface area contributed by atoms with Crippen LogP contribution in [0.25, 0.3) is 0 Å². The standard InChI is InChI=1S/C61H99NO3/c1-3-5-7-9-11-13-15-17-18-19-20-21-22-23-24-25-26-27-28-29-30-31-32-33-34-35-36-37-38-39-40-41-42-43-44-45-47-49-51-53-55-57-61(65)62-59(58-63)60(64)56-54-52-50-48-46-16-14-12-10-8-6-4-2/h5,7,11,13,17-18,20-21,23-24,26-27,29-30,32-33,35-36,38-39,41-42,54,56,59-60,63-64H,3-4,6,8-10,12,14-16,19,22,25,28,31,34,37,40,43-53,55,57-58H2,1-2H3,(H,62,65)/b7-5-,13-11-,18-17-,21-20-,24-23-,27-26-,30-29-,33-32-,36-35-,39-38-,42-41-,56-54+. The second-order valence-electron chi connectivity index (χ2n) is 17.2. The summed E-state index contributed by atoms with van der Waals surface area (Å²) in [5, 5.41) is 23.0. The number of amides is 1. The van der Waals surface area contributed by atoms with Gasteiger partial charge < -0.3 is 15.5 Å². The third-order valence-corrected chi connectivity index (χ3v) is 11.1. The van der Waals surface area contributed by atoms with E-state index >= 15 is 0 Å². The number of hydrogen-bond donors (Lipinski definition) is 3. The van der Waals surface area contributed by atoms with Crippen LogP contribution in [0.4, 0.5) is 0 Å². The molecule has 0 fully saturated rings. The van der Waals surface area contributed by atoms with Crippen molar-refractivity contribution in [2.45, 2.75) is 225 Å². The predicted octanol–water partition coefficient (Wildman–Crippen LogP) is 17.6. The van der Waals surface area contributed by atoms with Crippen LogP contribution in [0.5, 0.6) is 0 Å². The van der Waals surface area contributed by atoms with Crippen LogP contribution < -0.4 is 5.32 Å². The Balaban J connectivity index is 3.67. The van der Waals surface area contributed by atoms with Crippen molar-refractivity contribution in [3.8, 4) is 0 Å². The number of allylic oxidation sites excluding steroid dienone is 23. The molecule has 2 unspecified atom stereocenters. The quantitative estimate of drug-likeness (QED) is 0.0421. The summed E-state index contributed by atoms with van der Waals surface area (Å²) >= 11 is 0. The molecular weight excluding hydrogens is 795 g/mol. The predicted molar refractivity (Wildman–Crippen MR) is 289 cm³/mol. The van der Waals surface area contributed by atoms with E-state index in [1.165, 1.54) is 83.5 Å². The number of carbonyl (C=O) groups is 1. The third-order valence-electron chi connectivity index (χ3n) is 11.1. The molecule has 0 aliphatic heterocycles. The van der Waals surface area contributed by atoms with Crippen molar-refractivity contribution < 1.29 is 15.0 Å². The largest absolute Gasteiger partial charge is 0.394 e. The molecule has 0 spiro atoms. The molecule has 2 atom stereocenters. The number of aliphatic hydroxyl groups excluding tert-OH is 2. The first-order valence-electron chi connectivity index (χ1n) is 26.5. The summed E-state index contributed by atoms with van der Waals surface area (Å²) < 4.78 is 0. The maximum Gasteiger partial charge on any atom is 0.220 e. The van der Waals surface area contributed by atoms with Crippen LogP contribution in [0.2, 0.25) is 0 Å². The molecule has 1 amide bonds. The highest BCUT2D eigenvalue weighted by Gasteiger charge is 2.17. The number of unbranched alkanes of at least 4 members (excludes halogenated alkanes) is 17. The van der Waals surface area contributed by atoms with Gasteiger partial charge in [-0.05, 0) is 103 Å². The van der Waals surface area contributed by atoms with Crippen LogP contribution in [0.1, 0.15) is 213 Å². The maximum atomic E-state index is 12.4. The highest BCUT2D eigenvalue weighted by molar-refractivity contribution is 5.76. The molecule has 0 aliphatic carbocycles. The van der Waals surface area contributed by atoms with Gasteiger partial charge in [0.15, 0.2) is 0 Å². The maximum absolute atomic E-state index is 12.4. The topological polar surface area (TPSA) is 69.6 Å². The number of carbonyl (C=O) groups excluding carboxylic acids is 1. The van der Waals surface area contributed by atoms with E-state index < -0.39 is 12.1 Å². The number of rotatable bonds is 46. The fourth-order valence-electron chi connectivity index (χ4n) is 7.06. The van der Waals surface area contributed by atoms with Gasteiger partial charge in [-0.15, -0.1) is 0 Å². The van der Waals surface area contributed by atoms with Gasteiger partial charge in [0.2, 0.25) is 5.91 Å². The Morgan fingerprint density at radius 1 is 0.385 bits per heavy atom. The van der Waals surface area contributed by atoms with Gasteiger partial charge in [-0.3, -0.25) is 4.79 Å². The Kier molecular flexibility index (Phi) is 51.5. The average Bonchev–Trinajstić information content (AvgIpc) is 3.31. The molecule has 4 heteroatoms. The van der Waals surface area contributed by atoms with Crippen LogP contribution >= 0.6 is 0 Å². The molecule has 0 aromatic heterocycles. The van der Waals surface area contributed by atoms with Crippen molar-refractivity contribution in [1.82, 2.24) is 5.32 Å². The van der Waals surface area contributed by atoms with Gasteiger partial charge in [0.05, 0.1) is 18.8 Å². The first-order valence-corrected chi connectivity index (χ1v) is 26.5. The summed E-state index contributed by atoms with van der Waals surface area (Å²) in [5.41, 5.74) is 0. The summed E-state index contributed by atoms with van der Waals surface area (Å²) in [5.74, 6) is -0.0829. The van der Waals surface area contributed by atoms with Crippen molar-refractivity contribution in [1.29, 1.82) is 0 Å². The Bertz CT molecular complexity index is 1380. The summed E-state index contributed by atoms with van der Waals surface area (Å²) in [4.78, 5) is 12.4. The first-order chi connectivity index (χ1) is 32.2. The van der Waals surface area contributed by atoms with E-state index in [-0.39, 0.29) is 12.5 Å². The van der Waals surface area contributed by atoms with Crippen molar-refractivity contribution in [2.24, 2.45) is 0 Å². The molecule has 366 valence electrons. The molecule has 0 bridgehead atoms. The minimum atomic E-state index is -0.852. The summed E-state index contributed by atoms with van der Waals surface area (Å²) in [6.45, 7) is 4.17. The van der Waals surface area contributed by atoms with Crippen molar-refractivity contribution in [3.05, 3.63) is 146 Å². The van der Waals surface area contributed by atoms with E-state index in [9.17, 15) is 15.0 Å². The van der Waals surface area contributed by atoms with E-state index in [1.54, 1.807) is 6.08 Å². The molecule has 0 aromatic carbocycles. The lowest BCUT2D eigenvalue weighted by molar-refractivity contribution is -0.123. The second kappa shape index (κ2) is 54.6. The smallest absolute Gasteiger partial charge is 0.220 e. The zero-order valence-corrected chi connectivity index (χ0v) is 41.9. The lowest BCUT2D eigenvalue weighted by Crippen LogP contribution is -2.45. The highest BCUT2D eigenvalue weighted by Crippen LogP contribution is 2.13. The van der Waals surface area contributed by atoms with E-state index in [1.807, 2.05) is 6.08 Å². The minimum Gasteiger partial charge on any atom is -0.394 e. The molecule has 0 saturated heterocycles. The van der Waals surface area contributed by atoms with Crippen LogP contribution in [0.3, 0.4) is 0 Å². The molecule has 65 heavy (non-hydrogen) atoms. The Labute approximate surface area is 402 Å². The summed E-state index contributed by atoms with van der Waals surface area (Å²) in [6, 6.07) is -0.637. The van der Waals surface area contributed by atoms with E-state index in [0.717, 1.165) is 109 Å². The second-order valence-corrected chi connectivity index (χ2v) is 17.2. The van der Waals surface area contributed by atoms with Crippen LogP contribution in [-0.2, 0) is 4.79 Å². The first kappa shape index (κ1) is 61.3. The molecule has 3 N–H and O–H groups in total. The molecule has 0 radical (unpaired) electrons. The normalized spacial score (nSPS) is 14.1. The Hall–Kier alpha value is -3.73. The van der Waals surface area contributed by atoms with Crippen molar-refractivity contribution >= 4 is 5.91 Å². The summed E-state index contributed by atoms with van der Waals surface area (Å²) in [7, 11) is 0. The molecule has 0 aromatic rings. The van der Waals surface area contributed by atoms with Crippen LogP contribution in [0.15, 0.2) is 146 Å². The molecule has 0 rings (SSSR count). The number of hydrogen-bond acceptors (Lipinski definition) is 3. The third kappa shape index (κ3) is 51.1. The van der Waals surface area contributed by atoms with Crippen LogP contribution in [-0.4, -0.2) is 34.9 Å². The van der Waals surface area contributed by atoms with Crippen molar-refractivity contribution in [3.63, 3.8) is 0 Å². The number of nitrogens with one attached hydrogen (secondary N) is 1. The molecule has 0 saturated carbocycles. The molecule has 4 nitrogen and oxygen atoms in total. The molecule has 0 heterocycles. The minimum absolute atomic E-state index is 0.0829. The van der Waals surface area contributed by atoms with Gasteiger partial charge in [-0.1, -0.05) is 250 Å².